The molecule has 1 aliphatic rings. The van der Waals surface area contributed by atoms with Gasteiger partial charge in [-0.3, -0.25) is 0 Å². The SMILES string of the molecule is COc1cccc(C(C)CCN)c1OC1CCC1. The van der Waals surface area contributed by atoms with Crippen LogP contribution in [0.1, 0.15) is 44.1 Å². The van der Waals surface area contributed by atoms with E-state index in [2.05, 4.69) is 13.0 Å². The molecule has 18 heavy (non-hydrogen) atoms. The van der Waals surface area contributed by atoms with Crippen molar-refractivity contribution < 1.29 is 9.47 Å². The average Bonchev–Trinajstić information content (AvgIpc) is 2.33. The third-order valence-corrected chi connectivity index (χ3v) is 3.70. The lowest BCUT2D eigenvalue weighted by Crippen LogP contribution is -2.25. The second-order valence-corrected chi connectivity index (χ2v) is 5.03. The van der Waals surface area contributed by atoms with Crippen molar-refractivity contribution in [2.75, 3.05) is 13.7 Å². The fraction of sp³-hybridized carbons (Fsp3) is 0.600. The maximum absolute atomic E-state index is 6.11. The molecule has 0 radical (unpaired) electrons. The van der Waals surface area contributed by atoms with Gasteiger partial charge in [0.2, 0.25) is 0 Å². The van der Waals surface area contributed by atoms with Crippen LogP contribution in [0.4, 0.5) is 0 Å². The molecule has 0 spiro atoms. The van der Waals surface area contributed by atoms with E-state index < -0.39 is 0 Å². The minimum atomic E-state index is 0.366. The summed E-state index contributed by atoms with van der Waals surface area (Å²) in [6, 6.07) is 6.11. The largest absolute Gasteiger partial charge is 0.493 e. The molecule has 1 saturated carbocycles. The van der Waals surface area contributed by atoms with Crippen molar-refractivity contribution >= 4 is 0 Å². The van der Waals surface area contributed by atoms with Gasteiger partial charge in [-0.1, -0.05) is 19.1 Å². The summed E-state index contributed by atoms with van der Waals surface area (Å²) in [5.74, 6) is 2.16. The molecule has 0 aromatic heterocycles. The molecule has 0 bridgehead atoms. The molecule has 3 heteroatoms. The molecule has 2 N–H and O–H groups in total. The van der Waals surface area contributed by atoms with E-state index in [1.165, 1.54) is 12.0 Å². The Bertz CT molecular complexity index is 388. The second kappa shape index (κ2) is 6.10. The van der Waals surface area contributed by atoms with Crippen LogP contribution in [-0.4, -0.2) is 19.8 Å². The average molecular weight is 249 g/mol. The molecular formula is C15H23NO2. The van der Waals surface area contributed by atoms with Crippen molar-refractivity contribution in [3.63, 3.8) is 0 Å². The molecule has 1 fully saturated rings. The van der Waals surface area contributed by atoms with E-state index in [-0.39, 0.29) is 0 Å². The molecule has 1 aliphatic carbocycles. The molecule has 1 aromatic rings. The number of rotatable bonds is 6. The molecule has 0 heterocycles. The van der Waals surface area contributed by atoms with E-state index in [1.807, 2.05) is 12.1 Å². The first-order valence-corrected chi connectivity index (χ1v) is 6.80. The molecule has 1 atom stereocenters. The number of ether oxygens (including phenoxy) is 2. The van der Waals surface area contributed by atoms with E-state index in [1.54, 1.807) is 7.11 Å². The maximum Gasteiger partial charge on any atom is 0.165 e. The van der Waals surface area contributed by atoms with Crippen LogP contribution in [0.5, 0.6) is 11.5 Å². The highest BCUT2D eigenvalue weighted by molar-refractivity contribution is 5.48. The molecule has 1 unspecified atom stereocenters. The lowest BCUT2D eigenvalue weighted by atomic mass is 9.94. The molecule has 0 aliphatic heterocycles. The van der Waals surface area contributed by atoms with Crippen molar-refractivity contribution in [2.24, 2.45) is 5.73 Å². The van der Waals surface area contributed by atoms with Crippen LogP contribution in [0.25, 0.3) is 0 Å². The van der Waals surface area contributed by atoms with Gasteiger partial charge in [-0.15, -0.1) is 0 Å². The first kappa shape index (κ1) is 13.2. The Hall–Kier alpha value is -1.22. The highest BCUT2D eigenvalue weighted by Gasteiger charge is 2.23. The van der Waals surface area contributed by atoms with E-state index in [0.29, 0.717) is 18.6 Å². The summed E-state index contributed by atoms with van der Waals surface area (Å²) in [6.45, 7) is 2.89. The summed E-state index contributed by atoms with van der Waals surface area (Å²) in [5, 5.41) is 0. The smallest absolute Gasteiger partial charge is 0.165 e. The van der Waals surface area contributed by atoms with Gasteiger partial charge in [0.15, 0.2) is 11.5 Å². The van der Waals surface area contributed by atoms with E-state index in [0.717, 1.165) is 30.8 Å². The number of hydrogen-bond acceptors (Lipinski definition) is 3. The number of hydrogen-bond donors (Lipinski definition) is 1. The highest BCUT2D eigenvalue weighted by Crippen LogP contribution is 2.39. The van der Waals surface area contributed by atoms with Gasteiger partial charge in [-0.05, 0) is 44.2 Å². The van der Waals surface area contributed by atoms with Crippen molar-refractivity contribution in [3.05, 3.63) is 23.8 Å². The third-order valence-electron chi connectivity index (χ3n) is 3.70. The fourth-order valence-corrected chi connectivity index (χ4v) is 2.27. The topological polar surface area (TPSA) is 44.5 Å². The number of methoxy groups -OCH3 is 1. The third kappa shape index (κ3) is 2.78. The molecule has 3 nitrogen and oxygen atoms in total. The van der Waals surface area contributed by atoms with Crippen LogP contribution < -0.4 is 15.2 Å². The lowest BCUT2D eigenvalue weighted by Gasteiger charge is -2.29. The molecule has 1 aromatic carbocycles. The zero-order valence-corrected chi connectivity index (χ0v) is 11.3. The number of benzene rings is 1. The van der Waals surface area contributed by atoms with Crippen LogP contribution >= 0.6 is 0 Å². The standard InChI is InChI=1S/C15H23NO2/c1-11(9-10-16)13-7-4-8-14(17-2)15(13)18-12-5-3-6-12/h4,7-8,11-12H,3,5-6,9-10,16H2,1-2H3. The Morgan fingerprint density at radius 3 is 2.72 bits per heavy atom. The summed E-state index contributed by atoms with van der Waals surface area (Å²) >= 11 is 0. The number of para-hydroxylation sites is 1. The van der Waals surface area contributed by atoms with Gasteiger partial charge < -0.3 is 15.2 Å². The van der Waals surface area contributed by atoms with Crippen molar-refractivity contribution in [1.29, 1.82) is 0 Å². The van der Waals surface area contributed by atoms with Crippen LogP contribution in [0.3, 0.4) is 0 Å². The van der Waals surface area contributed by atoms with E-state index in [4.69, 9.17) is 15.2 Å². The quantitative estimate of drug-likeness (QED) is 0.842. The normalized spacial score (nSPS) is 17.1. The Kier molecular flexibility index (Phi) is 4.48. The predicted molar refractivity (Wildman–Crippen MR) is 73.3 cm³/mol. The molecule has 100 valence electrons. The van der Waals surface area contributed by atoms with Crippen molar-refractivity contribution in [1.82, 2.24) is 0 Å². The summed E-state index contributed by atoms with van der Waals surface area (Å²) in [6.07, 6.45) is 4.91. The summed E-state index contributed by atoms with van der Waals surface area (Å²) < 4.78 is 11.5. The van der Waals surface area contributed by atoms with Gasteiger partial charge in [0.05, 0.1) is 13.2 Å². The molecular weight excluding hydrogens is 226 g/mol. The fourth-order valence-electron chi connectivity index (χ4n) is 2.27. The Labute approximate surface area is 109 Å². The van der Waals surface area contributed by atoms with Crippen LogP contribution in [-0.2, 0) is 0 Å². The van der Waals surface area contributed by atoms with Crippen LogP contribution in [0.15, 0.2) is 18.2 Å². The van der Waals surface area contributed by atoms with Gasteiger partial charge in [0.1, 0.15) is 0 Å². The zero-order chi connectivity index (χ0) is 13.0. The van der Waals surface area contributed by atoms with Crippen LogP contribution in [0.2, 0.25) is 0 Å². The highest BCUT2D eigenvalue weighted by atomic mass is 16.5. The number of nitrogens with two attached hydrogens (primary N) is 1. The molecule has 0 saturated heterocycles. The van der Waals surface area contributed by atoms with Crippen molar-refractivity contribution in [2.45, 2.75) is 44.6 Å². The maximum atomic E-state index is 6.11. The minimum Gasteiger partial charge on any atom is -0.493 e. The van der Waals surface area contributed by atoms with Gasteiger partial charge >= 0.3 is 0 Å². The van der Waals surface area contributed by atoms with Gasteiger partial charge in [-0.25, -0.2) is 0 Å². The molecule has 2 rings (SSSR count). The Morgan fingerprint density at radius 1 is 1.39 bits per heavy atom. The minimum absolute atomic E-state index is 0.366. The monoisotopic (exact) mass is 249 g/mol. The van der Waals surface area contributed by atoms with E-state index in [9.17, 15) is 0 Å². The predicted octanol–water partition coefficient (Wildman–Crippen LogP) is 3.08. The van der Waals surface area contributed by atoms with Gasteiger partial charge in [0.25, 0.3) is 0 Å². The Balaban J connectivity index is 2.24. The lowest BCUT2D eigenvalue weighted by molar-refractivity contribution is 0.114. The summed E-state index contributed by atoms with van der Waals surface area (Å²) in [4.78, 5) is 0. The summed E-state index contributed by atoms with van der Waals surface area (Å²) in [5.41, 5.74) is 6.87. The van der Waals surface area contributed by atoms with E-state index >= 15 is 0 Å². The summed E-state index contributed by atoms with van der Waals surface area (Å²) in [7, 11) is 1.69. The Morgan fingerprint density at radius 2 is 2.17 bits per heavy atom. The van der Waals surface area contributed by atoms with Crippen molar-refractivity contribution in [3.8, 4) is 11.5 Å². The van der Waals surface area contributed by atoms with Gasteiger partial charge in [-0.2, -0.15) is 0 Å². The van der Waals surface area contributed by atoms with Gasteiger partial charge in [0, 0.05) is 5.56 Å². The molecule has 0 amide bonds. The second-order valence-electron chi connectivity index (χ2n) is 5.03. The first-order valence-electron chi connectivity index (χ1n) is 6.80. The van der Waals surface area contributed by atoms with Crippen LogP contribution in [0, 0.1) is 0 Å². The first-order chi connectivity index (χ1) is 8.76. The zero-order valence-electron chi connectivity index (χ0n) is 11.3.